The van der Waals surface area contributed by atoms with Gasteiger partial charge in [-0.3, -0.25) is 9.88 Å². The molecule has 1 N–H and O–H groups in total. The van der Waals surface area contributed by atoms with Crippen molar-refractivity contribution in [2.24, 2.45) is 0 Å². The largest absolute Gasteiger partial charge is 0.495 e. The third-order valence-electron chi connectivity index (χ3n) is 4.45. The number of sulfonamides is 1. The van der Waals surface area contributed by atoms with Gasteiger partial charge in [-0.2, -0.15) is 0 Å². The van der Waals surface area contributed by atoms with Gasteiger partial charge in [-0.05, 0) is 37.1 Å². The molecule has 2 aromatic rings. The molecule has 0 saturated carbocycles. The molecule has 0 bridgehead atoms. The number of hydrogen-bond donors (Lipinski definition) is 1. The number of benzene rings is 1. The summed E-state index contributed by atoms with van der Waals surface area (Å²) in [5.41, 5.74) is 1.10. The molecule has 1 aromatic heterocycles. The summed E-state index contributed by atoms with van der Waals surface area (Å²) in [6, 6.07) is 6.45. The Hall–Kier alpha value is -1.38. The van der Waals surface area contributed by atoms with Gasteiger partial charge in [0.15, 0.2) is 0 Å². The number of nitrogens with zero attached hydrogens (tertiary/aromatic N) is 2. The molecule has 0 aliphatic carbocycles. The smallest absolute Gasteiger partial charge is 0.242 e. The van der Waals surface area contributed by atoms with E-state index in [0.29, 0.717) is 12.3 Å². The fourth-order valence-electron chi connectivity index (χ4n) is 3.20. The zero-order valence-electron chi connectivity index (χ0n) is 14.9. The molecule has 1 aliphatic heterocycles. The average molecular weight is 430 g/mol. The third-order valence-corrected chi connectivity index (χ3v) is 6.73. The first kappa shape index (κ1) is 20.4. The van der Waals surface area contributed by atoms with Gasteiger partial charge in [0.25, 0.3) is 0 Å². The van der Waals surface area contributed by atoms with Crippen molar-refractivity contribution in [3.63, 3.8) is 0 Å². The summed E-state index contributed by atoms with van der Waals surface area (Å²) >= 11 is 12.2. The lowest BCUT2D eigenvalue weighted by atomic mass is 10.1. The molecular weight excluding hydrogens is 409 g/mol. The van der Waals surface area contributed by atoms with Crippen LogP contribution in [0.5, 0.6) is 5.75 Å². The molecule has 2 heterocycles. The molecule has 1 saturated heterocycles. The number of hydrogen-bond acceptors (Lipinski definition) is 5. The van der Waals surface area contributed by atoms with Gasteiger partial charge in [0.2, 0.25) is 10.0 Å². The summed E-state index contributed by atoms with van der Waals surface area (Å²) in [5.74, 6) is 0.334. The first-order valence-corrected chi connectivity index (χ1v) is 10.8. The molecule has 3 rings (SSSR count). The molecule has 0 amide bonds. The topological polar surface area (TPSA) is 71.5 Å². The average Bonchev–Trinajstić information content (AvgIpc) is 2.64. The summed E-state index contributed by atoms with van der Waals surface area (Å²) in [6.45, 7) is 2.28. The maximum Gasteiger partial charge on any atom is 0.242 e. The van der Waals surface area contributed by atoms with Crippen molar-refractivity contribution < 1.29 is 13.2 Å². The lowest BCUT2D eigenvalue weighted by Gasteiger charge is -2.33. The highest BCUT2D eigenvalue weighted by Crippen LogP contribution is 2.33. The molecule has 1 aliphatic rings. The number of ether oxygens (including phenoxy) is 1. The Balaban J connectivity index is 1.71. The number of piperidine rings is 1. The van der Waals surface area contributed by atoms with Gasteiger partial charge in [0, 0.05) is 37.6 Å². The number of aromatic nitrogens is 1. The van der Waals surface area contributed by atoms with Crippen LogP contribution in [0.1, 0.15) is 18.4 Å². The molecule has 0 spiro atoms. The van der Waals surface area contributed by atoms with Crippen molar-refractivity contribution in [2.45, 2.75) is 30.3 Å². The Bertz CT molecular complexity index is 894. The van der Waals surface area contributed by atoms with E-state index in [1.54, 1.807) is 6.20 Å². The van der Waals surface area contributed by atoms with Gasteiger partial charge in [0.05, 0.1) is 17.2 Å². The fraction of sp³-hybridized carbons (Fsp3) is 0.389. The summed E-state index contributed by atoms with van der Waals surface area (Å²) in [4.78, 5) is 6.30. The van der Waals surface area contributed by atoms with Gasteiger partial charge < -0.3 is 4.74 Å². The van der Waals surface area contributed by atoms with E-state index in [9.17, 15) is 8.42 Å². The minimum atomic E-state index is -3.80. The van der Waals surface area contributed by atoms with Crippen molar-refractivity contribution in [3.05, 3.63) is 52.3 Å². The van der Waals surface area contributed by atoms with E-state index in [-0.39, 0.29) is 21.0 Å². The summed E-state index contributed by atoms with van der Waals surface area (Å²) < 4.78 is 33.5. The van der Waals surface area contributed by atoms with Gasteiger partial charge in [-0.25, -0.2) is 13.1 Å². The number of methoxy groups -OCH3 is 1. The quantitative estimate of drug-likeness (QED) is 0.761. The molecule has 6 nitrogen and oxygen atoms in total. The van der Waals surface area contributed by atoms with Gasteiger partial charge in [-0.15, -0.1) is 0 Å². The first-order chi connectivity index (χ1) is 12.9. The maximum atomic E-state index is 12.8. The van der Waals surface area contributed by atoms with Gasteiger partial charge >= 0.3 is 0 Å². The lowest BCUT2D eigenvalue weighted by molar-refractivity contribution is 0.194. The normalized spacial score (nSPS) is 18.4. The second-order valence-electron chi connectivity index (χ2n) is 6.47. The van der Waals surface area contributed by atoms with E-state index in [1.807, 2.05) is 18.3 Å². The monoisotopic (exact) mass is 429 g/mol. The number of likely N-dealkylation sites (tertiary alicyclic amines) is 1. The fourth-order valence-corrected chi connectivity index (χ4v) is 5.31. The zero-order chi connectivity index (χ0) is 19.4. The zero-order valence-corrected chi connectivity index (χ0v) is 17.2. The number of nitrogens with one attached hydrogen (secondary N) is 1. The summed E-state index contributed by atoms with van der Waals surface area (Å²) in [6.07, 6.45) is 5.24. The Labute approximate surface area is 169 Å². The number of pyridine rings is 1. The van der Waals surface area contributed by atoms with Crippen molar-refractivity contribution in [1.29, 1.82) is 0 Å². The van der Waals surface area contributed by atoms with Gasteiger partial charge in [0.1, 0.15) is 10.6 Å². The highest BCUT2D eigenvalue weighted by molar-refractivity contribution is 7.89. The maximum absolute atomic E-state index is 12.8. The van der Waals surface area contributed by atoms with Crippen LogP contribution in [-0.2, 0) is 16.6 Å². The van der Waals surface area contributed by atoms with Crippen molar-refractivity contribution >= 4 is 33.2 Å². The van der Waals surface area contributed by atoms with E-state index in [4.69, 9.17) is 27.9 Å². The second kappa shape index (κ2) is 8.75. The Morgan fingerprint density at radius 1 is 1.33 bits per heavy atom. The van der Waals surface area contributed by atoms with E-state index in [2.05, 4.69) is 14.6 Å². The van der Waals surface area contributed by atoms with E-state index in [1.165, 1.54) is 19.2 Å². The highest BCUT2D eigenvalue weighted by atomic mass is 35.5. The molecule has 1 fully saturated rings. The van der Waals surface area contributed by atoms with Crippen LogP contribution in [0.3, 0.4) is 0 Å². The summed E-state index contributed by atoms with van der Waals surface area (Å²) in [5, 5.41) is 0.274. The van der Waals surface area contributed by atoms with Crippen LogP contribution < -0.4 is 9.46 Å². The highest BCUT2D eigenvalue weighted by Gasteiger charge is 2.27. The molecule has 1 unspecified atom stereocenters. The minimum absolute atomic E-state index is 0.0423. The summed E-state index contributed by atoms with van der Waals surface area (Å²) in [7, 11) is -2.35. The van der Waals surface area contributed by atoms with Crippen molar-refractivity contribution in [3.8, 4) is 5.75 Å². The standard InChI is InChI=1S/C18H21Cl2N3O3S/c1-26-17-8-16(20)18(9-15(17)19)27(24,25)22-14-5-3-7-23(12-14)11-13-4-2-6-21-10-13/h2,4,6,8-10,14,22H,3,5,7,11-12H2,1H3. The first-order valence-electron chi connectivity index (χ1n) is 8.55. The Kier molecular flexibility index (Phi) is 6.60. The predicted octanol–water partition coefficient (Wildman–Crippen LogP) is 3.34. The molecule has 1 aromatic carbocycles. The van der Waals surface area contributed by atoms with Crippen LogP contribution in [0.25, 0.3) is 0 Å². The molecule has 1 atom stereocenters. The third kappa shape index (κ3) is 5.12. The van der Waals surface area contributed by atoms with Crippen molar-refractivity contribution in [2.75, 3.05) is 20.2 Å². The van der Waals surface area contributed by atoms with Crippen LogP contribution in [0, 0.1) is 0 Å². The van der Waals surface area contributed by atoms with Crippen LogP contribution in [0.2, 0.25) is 10.0 Å². The number of halogens is 2. The van der Waals surface area contributed by atoms with Crippen molar-refractivity contribution in [1.82, 2.24) is 14.6 Å². The molecule has 0 radical (unpaired) electrons. The van der Waals surface area contributed by atoms with E-state index in [0.717, 1.165) is 31.5 Å². The molecule has 9 heteroatoms. The Morgan fingerprint density at radius 2 is 2.15 bits per heavy atom. The van der Waals surface area contributed by atoms with E-state index < -0.39 is 10.0 Å². The SMILES string of the molecule is COc1cc(Cl)c(S(=O)(=O)NC2CCCN(Cc3cccnc3)C2)cc1Cl. The predicted molar refractivity (Wildman–Crippen MR) is 106 cm³/mol. The Morgan fingerprint density at radius 3 is 2.85 bits per heavy atom. The minimum Gasteiger partial charge on any atom is -0.495 e. The van der Waals surface area contributed by atoms with Crippen LogP contribution in [0.4, 0.5) is 0 Å². The molecular formula is C18H21Cl2N3O3S. The van der Waals surface area contributed by atoms with Crippen LogP contribution >= 0.6 is 23.2 Å². The molecule has 146 valence electrons. The van der Waals surface area contributed by atoms with E-state index >= 15 is 0 Å². The lowest BCUT2D eigenvalue weighted by Crippen LogP contribution is -2.47. The van der Waals surface area contributed by atoms with Crippen LogP contribution in [-0.4, -0.2) is 44.5 Å². The molecule has 27 heavy (non-hydrogen) atoms. The van der Waals surface area contributed by atoms with Gasteiger partial charge in [-0.1, -0.05) is 29.3 Å². The van der Waals surface area contributed by atoms with Crippen LogP contribution in [0.15, 0.2) is 41.6 Å². The second-order valence-corrected chi connectivity index (χ2v) is 8.97. The number of rotatable bonds is 6.